The molecule has 20 heavy (non-hydrogen) atoms. The Morgan fingerprint density at radius 1 is 1.30 bits per heavy atom. The van der Waals surface area contributed by atoms with Gasteiger partial charge in [-0.25, -0.2) is 0 Å². The Hall–Kier alpha value is -2.02. The first-order chi connectivity index (χ1) is 9.70. The number of para-hydroxylation sites is 1. The number of rotatable bonds is 7. The van der Waals surface area contributed by atoms with Crippen LogP contribution in [0.2, 0.25) is 0 Å². The van der Waals surface area contributed by atoms with Crippen LogP contribution in [-0.4, -0.2) is 23.4 Å². The fraction of sp³-hybridized carbons (Fsp3) is 0.385. The molecule has 0 aliphatic rings. The summed E-state index contributed by atoms with van der Waals surface area (Å²) in [7, 11) is 0. The summed E-state index contributed by atoms with van der Waals surface area (Å²) in [4.78, 5) is 0. The van der Waals surface area contributed by atoms with Crippen molar-refractivity contribution in [2.45, 2.75) is 26.5 Å². The minimum atomic E-state index is -2.90. The van der Waals surface area contributed by atoms with E-state index in [1.54, 1.807) is 18.2 Å². The van der Waals surface area contributed by atoms with Gasteiger partial charge >= 0.3 is 6.61 Å². The molecule has 2 aromatic rings. The zero-order chi connectivity index (χ0) is 14.4. The van der Waals surface area contributed by atoms with Crippen LogP contribution < -0.4 is 10.1 Å². The van der Waals surface area contributed by atoms with Gasteiger partial charge in [-0.1, -0.05) is 19.1 Å². The Labute approximate surface area is 115 Å². The highest BCUT2D eigenvalue weighted by atomic mass is 19.3. The predicted octanol–water partition coefficient (Wildman–Crippen LogP) is 2.84. The van der Waals surface area contributed by atoms with Crippen molar-refractivity contribution in [2.24, 2.45) is 0 Å². The van der Waals surface area contributed by atoms with E-state index in [0.29, 0.717) is 18.0 Å². The van der Waals surface area contributed by atoms with Crippen LogP contribution >= 0.6 is 0 Å². The van der Waals surface area contributed by atoms with E-state index in [9.17, 15) is 8.78 Å². The standard InChI is InChI=1S/C13H15F2N3O2/c1-2-7-16-8-11-17-18-12(20-11)9-5-3-4-6-10(9)19-13(14)15/h3-6,13,16H,2,7-8H2,1H3. The molecule has 5 nitrogen and oxygen atoms in total. The average Bonchev–Trinajstić information content (AvgIpc) is 2.88. The summed E-state index contributed by atoms with van der Waals surface area (Å²) in [5.41, 5.74) is 0.349. The van der Waals surface area contributed by atoms with Gasteiger partial charge in [-0.3, -0.25) is 0 Å². The molecule has 0 fully saturated rings. The molecule has 0 radical (unpaired) electrons. The van der Waals surface area contributed by atoms with Crippen LogP contribution in [0, 0.1) is 0 Å². The number of aromatic nitrogens is 2. The summed E-state index contributed by atoms with van der Waals surface area (Å²) in [6, 6.07) is 6.31. The van der Waals surface area contributed by atoms with Gasteiger partial charge in [0.05, 0.1) is 12.1 Å². The van der Waals surface area contributed by atoms with E-state index < -0.39 is 6.61 Å². The summed E-state index contributed by atoms with van der Waals surface area (Å²) in [5.74, 6) is 0.578. The maximum absolute atomic E-state index is 12.3. The molecule has 108 valence electrons. The molecule has 0 unspecified atom stereocenters. The summed E-state index contributed by atoms with van der Waals surface area (Å²) in [5, 5.41) is 10.8. The summed E-state index contributed by atoms with van der Waals surface area (Å²) >= 11 is 0. The van der Waals surface area contributed by atoms with Crippen LogP contribution in [0.4, 0.5) is 8.78 Å². The Kier molecular flexibility index (Phi) is 5.00. The van der Waals surface area contributed by atoms with Gasteiger partial charge in [0, 0.05) is 0 Å². The highest BCUT2D eigenvalue weighted by molar-refractivity contribution is 5.62. The molecule has 0 saturated heterocycles. The number of alkyl halides is 2. The monoisotopic (exact) mass is 283 g/mol. The third-order valence-electron chi connectivity index (χ3n) is 2.50. The van der Waals surface area contributed by atoms with Crippen LogP contribution in [0.3, 0.4) is 0 Å². The fourth-order valence-electron chi connectivity index (χ4n) is 1.65. The number of benzene rings is 1. The van der Waals surface area contributed by atoms with Crippen molar-refractivity contribution in [3.63, 3.8) is 0 Å². The second-order valence-electron chi connectivity index (χ2n) is 4.05. The highest BCUT2D eigenvalue weighted by Gasteiger charge is 2.15. The smallest absolute Gasteiger partial charge is 0.387 e. The lowest BCUT2D eigenvalue weighted by molar-refractivity contribution is -0.0495. The van der Waals surface area contributed by atoms with E-state index in [1.165, 1.54) is 6.07 Å². The molecule has 0 atom stereocenters. The minimum absolute atomic E-state index is 0.0132. The lowest BCUT2D eigenvalue weighted by Crippen LogP contribution is -2.13. The summed E-state index contributed by atoms with van der Waals surface area (Å²) in [6.07, 6.45) is 0.992. The minimum Gasteiger partial charge on any atom is -0.434 e. The van der Waals surface area contributed by atoms with Gasteiger partial charge in [-0.05, 0) is 25.1 Å². The van der Waals surface area contributed by atoms with Crippen LogP contribution in [0.5, 0.6) is 5.75 Å². The molecule has 1 aromatic carbocycles. The second kappa shape index (κ2) is 6.95. The maximum Gasteiger partial charge on any atom is 0.387 e. The van der Waals surface area contributed by atoms with E-state index in [-0.39, 0.29) is 11.6 Å². The van der Waals surface area contributed by atoms with Gasteiger partial charge < -0.3 is 14.5 Å². The summed E-state index contributed by atoms with van der Waals surface area (Å²) in [6.45, 7) is 0.427. The molecule has 0 amide bonds. The highest BCUT2D eigenvalue weighted by Crippen LogP contribution is 2.29. The van der Waals surface area contributed by atoms with Gasteiger partial charge in [-0.2, -0.15) is 8.78 Å². The molecule has 1 heterocycles. The number of nitrogens with zero attached hydrogens (tertiary/aromatic N) is 2. The first kappa shape index (κ1) is 14.4. The quantitative estimate of drug-likeness (QED) is 0.792. The molecular formula is C13H15F2N3O2. The van der Waals surface area contributed by atoms with Gasteiger partial charge in [0.1, 0.15) is 5.75 Å². The van der Waals surface area contributed by atoms with Crippen molar-refractivity contribution < 1.29 is 17.9 Å². The third kappa shape index (κ3) is 3.74. The molecule has 2 rings (SSSR count). The van der Waals surface area contributed by atoms with Gasteiger partial charge in [0.25, 0.3) is 5.89 Å². The zero-order valence-electron chi connectivity index (χ0n) is 11.0. The maximum atomic E-state index is 12.3. The van der Waals surface area contributed by atoms with Gasteiger partial charge in [0.2, 0.25) is 5.89 Å². The van der Waals surface area contributed by atoms with Crippen LogP contribution in [0.1, 0.15) is 19.2 Å². The molecular weight excluding hydrogens is 268 g/mol. The van der Waals surface area contributed by atoms with Crippen molar-refractivity contribution in [3.8, 4) is 17.2 Å². The van der Waals surface area contributed by atoms with Crippen molar-refractivity contribution >= 4 is 0 Å². The van der Waals surface area contributed by atoms with Crippen molar-refractivity contribution in [1.82, 2.24) is 15.5 Å². The first-order valence-electron chi connectivity index (χ1n) is 6.28. The first-order valence-corrected chi connectivity index (χ1v) is 6.28. The average molecular weight is 283 g/mol. The lowest BCUT2D eigenvalue weighted by atomic mass is 10.2. The van der Waals surface area contributed by atoms with E-state index in [1.807, 2.05) is 6.92 Å². The normalized spacial score (nSPS) is 11.0. The zero-order valence-corrected chi connectivity index (χ0v) is 11.0. The van der Waals surface area contributed by atoms with Crippen molar-refractivity contribution in [2.75, 3.05) is 6.54 Å². The van der Waals surface area contributed by atoms with Crippen molar-refractivity contribution in [1.29, 1.82) is 0 Å². The molecule has 0 aliphatic heterocycles. The second-order valence-corrected chi connectivity index (χ2v) is 4.05. The Morgan fingerprint density at radius 3 is 2.85 bits per heavy atom. The fourth-order valence-corrected chi connectivity index (χ4v) is 1.65. The van der Waals surface area contributed by atoms with Gasteiger partial charge in [-0.15, -0.1) is 10.2 Å². The van der Waals surface area contributed by atoms with Crippen LogP contribution in [0.25, 0.3) is 11.5 Å². The number of nitrogens with one attached hydrogen (secondary N) is 1. The SMILES string of the molecule is CCCNCc1nnc(-c2ccccc2OC(F)F)o1. The van der Waals surface area contributed by atoms with E-state index >= 15 is 0 Å². The molecule has 1 N–H and O–H groups in total. The third-order valence-corrected chi connectivity index (χ3v) is 2.50. The van der Waals surface area contributed by atoms with E-state index in [0.717, 1.165) is 13.0 Å². The van der Waals surface area contributed by atoms with E-state index in [4.69, 9.17) is 4.42 Å². The number of halogens is 2. The molecule has 1 aromatic heterocycles. The van der Waals surface area contributed by atoms with Crippen LogP contribution in [-0.2, 0) is 6.54 Å². The predicted molar refractivity (Wildman–Crippen MR) is 68.4 cm³/mol. The molecule has 0 aliphatic carbocycles. The number of hydrogen-bond donors (Lipinski definition) is 1. The van der Waals surface area contributed by atoms with E-state index in [2.05, 4.69) is 20.3 Å². The molecule has 0 saturated carbocycles. The molecule has 7 heteroatoms. The van der Waals surface area contributed by atoms with Crippen molar-refractivity contribution in [3.05, 3.63) is 30.2 Å². The summed E-state index contributed by atoms with van der Waals surface area (Å²) < 4.78 is 34.5. The Bertz CT molecular complexity index is 546. The number of hydrogen-bond acceptors (Lipinski definition) is 5. The number of ether oxygens (including phenoxy) is 1. The molecule has 0 bridgehead atoms. The van der Waals surface area contributed by atoms with Crippen LogP contribution in [0.15, 0.2) is 28.7 Å². The largest absolute Gasteiger partial charge is 0.434 e. The molecule has 0 spiro atoms. The topological polar surface area (TPSA) is 60.2 Å². The Balaban J connectivity index is 2.15. The lowest BCUT2D eigenvalue weighted by Gasteiger charge is -2.07. The Morgan fingerprint density at radius 2 is 2.10 bits per heavy atom. The van der Waals surface area contributed by atoms with Gasteiger partial charge in [0.15, 0.2) is 0 Å².